The molecular weight excluding hydrogens is 278 g/mol. The van der Waals surface area contributed by atoms with Crippen LogP contribution >= 0.6 is 0 Å². The van der Waals surface area contributed by atoms with Gasteiger partial charge in [0, 0.05) is 12.5 Å². The van der Waals surface area contributed by atoms with Gasteiger partial charge in [0.05, 0.1) is 23.8 Å². The smallest absolute Gasteiger partial charge is 0.295 e. The minimum absolute atomic E-state index is 0.00717. The van der Waals surface area contributed by atoms with Crippen LogP contribution in [0.25, 0.3) is 0 Å². The zero-order valence-corrected chi connectivity index (χ0v) is 11.4. The summed E-state index contributed by atoms with van der Waals surface area (Å²) in [6, 6.07) is 3.89. The number of rotatable bonds is 5. The quantitative estimate of drug-likeness (QED) is 0.636. The van der Waals surface area contributed by atoms with Crippen LogP contribution in [0.1, 0.15) is 23.4 Å². The molecule has 2 rings (SSSR count). The molecule has 21 heavy (non-hydrogen) atoms. The number of carbonyl (C=O) groups is 1. The number of carbonyl (C=O) groups excluding carboxylic acids is 1. The number of methoxy groups -OCH3 is 1. The molecule has 9 nitrogen and oxygen atoms in total. The first kappa shape index (κ1) is 14.4. The number of hydrogen-bond donors (Lipinski definition) is 2. The van der Waals surface area contributed by atoms with Crippen LogP contribution in [0, 0.1) is 10.1 Å². The topological polar surface area (TPSA) is 123 Å². The first-order valence-corrected chi connectivity index (χ1v) is 6.10. The van der Waals surface area contributed by atoms with Crippen LogP contribution in [-0.4, -0.2) is 33.1 Å². The Balaban J connectivity index is 2.22. The van der Waals surface area contributed by atoms with Gasteiger partial charge in [0.25, 0.3) is 11.6 Å². The number of benzene rings is 1. The summed E-state index contributed by atoms with van der Waals surface area (Å²) >= 11 is 0. The molecule has 0 bridgehead atoms. The number of aryl methyl sites for hydroxylation is 1. The van der Waals surface area contributed by atoms with Crippen LogP contribution in [0.15, 0.2) is 18.2 Å². The van der Waals surface area contributed by atoms with Gasteiger partial charge in [0.15, 0.2) is 0 Å². The summed E-state index contributed by atoms with van der Waals surface area (Å²) in [6.45, 7) is 1.88. The van der Waals surface area contributed by atoms with Crippen molar-refractivity contribution in [2.75, 3.05) is 12.4 Å². The van der Waals surface area contributed by atoms with Crippen LogP contribution in [0.4, 0.5) is 11.4 Å². The molecular formula is C12H13N5O4. The molecule has 0 unspecified atom stereocenters. The van der Waals surface area contributed by atoms with E-state index in [9.17, 15) is 14.9 Å². The predicted molar refractivity (Wildman–Crippen MR) is 73.4 cm³/mol. The monoisotopic (exact) mass is 291 g/mol. The number of H-pyrrole nitrogens is 1. The summed E-state index contributed by atoms with van der Waals surface area (Å²) in [5.41, 5.74) is 0.173. The van der Waals surface area contributed by atoms with Gasteiger partial charge in [-0.15, -0.1) is 5.10 Å². The molecule has 1 aromatic carbocycles. The molecule has 2 aromatic rings. The number of aromatic amines is 1. The fraction of sp³-hybridized carbons (Fsp3) is 0.250. The number of nitro benzene ring substituents is 1. The normalized spacial score (nSPS) is 10.2. The van der Waals surface area contributed by atoms with Gasteiger partial charge < -0.3 is 10.1 Å². The number of ether oxygens (including phenoxy) is 1. The largest absolute Gasteiger partial charge is 0.494 e. The molecule has 0 atom stereocenters. The van der Waals surface area contributed by atoms with E-state index in [2.05, 4.69) is 20.5 Å². The number of hydrogen-bond acceptors (Lipinski definition) is 6. The second-order valence-corrected chi connectivity index (χ2v) is 4.06. The maximum atomic E-state index is 12.0. The van der Waals surface area contributed by atoms with Crippen molar-refractivity contribution in [3.63, 3.8) is 0 Å². The van der Waals surface area contributed by atoms with Crippen LogP contribution in [0.2, 0.25) is 0 Å². The Kier molecular flexibility index (Phi) is 4.12. The molecule has 110 valence electrons. The van der Waals surface area contributed by atoms with E-state index < -0.39 is 10.8 Å². The number of aromatic nitrogens is 3. The number of nitro groups is 1. The number of amides is 1. The lowest BCUT2D eigenvalue weighted by molar-refractivity contribution is -0.384. The first-order chi connectivity index (χ1) is 10.0. The Morgan fingerprint density at radius 3 is 2.86 bits per heavy atom. The summed E-state index contributed by atoms with van der Waals surface area (Å²) in [5.74, 6) is 0.241. The minimum atomic E-state index is -0.545. The van der Waals surface area contributed by atoms with E-state index in [1.807, 2.05) is 6.92 Å². The molecule has 0 saturated carbocycles. The van der Waals surface area contributed by atoms with E-state index in [0.29, 0.717) is 17.9 Å². The number of nitrogens with zero attached hydrogens (tertiary/aromatic N) is 3. The van der Waals surface area contributed by atoms with Crippen LogP contribution in [0.5, 0.6) is 5.75 Å². The molecule has 1 amide bonds. The van der Waals surface area contributed by atoms with Crippen molar-refractivity contribution in [2.45, 2.75) is 13.3 Å². The molecule has 9 heteroatoms. The Morgan fingerprint density at radius 2 is 2.29 bits per heavy atom. The van der Waals surface area contributed by atoms with E-state index in [0.717, 1.165) is 0 Å². The average Bonchev–Trinajstić information content (AvgIpc) is 2.96. The number of nitrogens with one attached hydrogen (secondary N) is 2. The van der Waals surface area contributed by atoms with E-state index in [1.54, 1.807) is 0 Å². The van der Waals surface area contributed by atoms with Crippen molar-refractivity contribution in [2.24, 2.45) is 0 Å². The molecule has 0 spiro atoms. The fourth-order valence-electron chi connectivity index (χ4n) is 1.63. The van der Waals surface area contributed by atoms with Gasteiger partial charge in [0.1, 0.15) is 11.6 Å². The maximum absolute atomic E-state index is 12.0. The van der Waals surface area contributed by atoms with Gasteiger partial charge in [-0.2, -0.15) is 0 Å². The maximum Gasteiger partial charge on any atom is 0.295 e. The molecule has 0 aliphatic heterocycles. The second-order valence-electron chi connectivity index (χ2n) is 4.06. The third kappa shape index (κ3) is 3.14. The van der Waals surface area contributed by atoms with E-state index in [4.69, 9.17) is 4.74 Å². The van der Waals surface area contributed by atoms with E-state index >= 15 is 0 Å². The fourth-order valence-corrected chi connectivity index (χ4v) is 1.63. The molecule has 1 heterocycles. The third-order valence-electron chi connectivity index (χ3n) is 2.71. The SMILES string of the molecule is CCc1nc(C(=O)Nc2ccc([N+](=O)[O-])cc2OC)n[nH]1. The number of anilines is 1. The molecule has 2 N–H and O–H groups in total. The Morgan fingerprint density at radius 1 is 1.52 bits per heavy atom. The van der Waals surface area contributed by atoms with Crippen molar-refractivity contribution in [1.82, 2.24) is 15.2 Å². The zero-order chi connectivity index (χ0) is 15.4. The van der Waals surface area contributed by atoms with Crippen molar-refractivity contribution in [1.29, 1.82) is 0 Å². The predicted octanol–water partition coefficient (Wildman–Crippen LogP) is 1.54. The minimum Gasteiger partial charge on any atom is -0.494 e. The van der Waals surface area contributed by atoms with Gasteiger partial charge >= 0.3 is 0 Å². The van der Waals surface area contributed by atoms with E-state index in [1.165, 1.54) is 25.3 Å². The molecule has 1 aromatic heterocycles. The van der Waals surface area contributed by atoms with Gasteiger partial charge in [-0.25, -0.2) is 4.98 Å². The van der Waals surface area contributed by atoms with Crippen molar-refractivity contribution in [3.8, 4) is 5.75 Å². The number of non-ortho nitro benzene ring substituents is 1. The lowest BCUT2D eigenvalue weighted by Crippen LogP contribution is -2.14. The zero-order valence-electron chi connectivity index (χ0n) is 11.4. The van der Waals surface area contributed by atoms with Crippen LogP contribution in [-0.2, 0) is 6.42 Å². The van der Waals surface area contributed by atoms with Gasteiger partial charge in [-0.3, -0.25) is 20.0 Å². The van der Waals surface area contributed by atoms with Crippen LogP contribution in [0.3, 0.4) is 0 Å². The highest BCUT2D eigenvalue weighted by atomic mass is 16.6. The standard InChI is InChI=1S/C12H13N5O4/c1-3-10-14-11(16-15-10)12(18)13-8-5-4-7(17(19)20)6-9(8)21-2/h4-6H,3H2,1-2H3,(H,13,18)(H,14,15,16). The summed E-state index contributed by atoms with van der Waals surface area (Å²) < 4.78 is 5.03. The highest BCUT2D eigenvalue weighted by Gasteiger charge is 2.16. The lowest BCUT2D eigenvalue weighted by atomic mass is 10.2. The van der Waals surface area contributed by atoms with Gasteiger partial charge in [-0.05, 0) is 6.07 Å². The summed E-state index contributed by atoms with van der Waals surface area (Å²) in [7, 11) is 1.36. The average molecular weight is 291 g/mol. The molecule has 0 aliphatic rings. The summed E-state index contributed by atoms with van der Waals surface area (Å²) in [4.78, 5) is 26.1. The molecule has 0 aliphatic carbocycles. The van der Waals surface area contributed by atoms with Crippen LogP contribution < -0.4 is 10.1 Å². The lowest BCUT2D eigenvalue weighted by Gasteiger charge is -2.08. The van der Waals surface area contributed by atoms with E-state index in [-0.39, 0.29) is 17.3 Å². The molecule has 0 fully saturated rings. The Bertz CT molecular complexity index is 682. The first-order valence-electron chi connectivity index (χ1n) is 6.10. The molecule has 0 saturated heterocycles. The van der Waals surface area contributed by atoms with Crippen molar-refractivity contribution in [3.05, 3.63) is 40.0 Å². The Labute approximate surface area is 119 Å². The second kappa shape index (κ2) is 5.99. The van der Waals surface area contributed by atoms with Gasteiger partial charge in [0.2, 0.25) is 5.82 Å². The van der Waals surface area contributed by atoms with Crippen molar-refractivity contribution >= 4 is 17.3 Å². The molecule has 0 radical (unpaired) electrons. The van der Waals surface area contributed by atoms with Gasteiger partial charge in [-0.1, -0.05) is 6.92 Å². The van der Waals surface area contributed by atoms with Crippen molar-refractivity contribution < 1.29 is 14.5 Å². The highest BCUT2D eigenvalue weighted by Crippen LogP contribution is 2.29. The summed E-state index contributed by atoms with van der Waals surface area (Å²) in [5, 5.41) is 19.7. The third-order valence-corrected chi connectivity index (χ3v) is 2.71. The summed E-state index contributed by atoms with van der Waals surface area (Å²) in [6.07, 6.45) is 0.626. The highest BCUT2D eigenvalue weighted by molar-refractivity contribution is 6.02. The Hall–Kier alpha value is -2.97.